The van der Waals surface area contributed by atoms with E-state index in [1.54, 1.807) is 0 Å². The van der Waals surface area contributed by atoms with Gasteiger partial charge in [-0.05, 0) is 61.1 Å². The highest BCUT2D eigenvalue weighted by molar-refractivity contribution is 7.89. The van der Waals surface area contributed by atoms with Crippen LogP contribution in [-0.2, 0) is 49.8 Å². The Kier molecular flexibility index (Phi) is 13.2. The lowest BCUT2D eigenvalue weighted by molar-refractivity contribution is -0.193. The molecule has 15 nitrogen and oxygen atoms in total. The molecular weight excluding hydrogens is 648 g/mol. The van der Waals surface area contributed by atoms with Gasteiger partial charge in [-0.25, -0.2) is 18.0 Å². The van der Waals surface area contributed by atoms with Gasteiger partial charge < -0.3 is 29.0 Å². The molecule has 1 atom stereocenters. The van der Waals surface area contributed by atoms with E-state index in [1.165, 1.54) is 24.8 Å². The van der Waals surface area contributed by atoms with Gasteiger partial charge in [-0.15, -0.1) is 0 Å². The quantitative estimate of drug-likeness (QED) is 0.177. The van der Waals surface area contributed by atoms with Crippen molar-refractivity contribution in [1.29, 1.82) is 0 Å². The molecule has 16 heteroatoms. The highest BCUT2D eigenvalue weighted by Crippen LogP contribution is 2.27. The number of aliphatic imine (C=N–C) groups is 1. The number of phenols is 1. The van der Waals surface area contributed by atoms with Crippen LogP contribution in [0.15, 0.2) is 52.4 Å². The Morgan fingerprint density at radius 2 is 1.73 bits per heavy atom. The summed E-state index contributed by atoms with van der Waals surface area (Å²) in [6, 6.07) is 11.3. The summed E-state index contributed by atoms with van der Waals surface area (Å²) in [5, 5.41) is 10.6. The highest BCUT2D eigenvalue weighted by atomic mass is 32.2. The van der Waals surface area contributed by atoms with E-state index < -0.39 is 63.2 Å². The van der Waals surface area contributed by atoms with Crippen molar-refractivity contribution in [3.8, 4) is 5.75 Å². The van der Waals surface area contributed by atoms with Crippen molar-refractivity contribution in [3.63, 3.8) is 0 Å². The van der Waals surface area contributed by atoms with Gasteiger partial charge in [0.05, 0.1) is 19.8 Å². The molecule has 0 spiro atoms. The fourth-order valence-electron chi connectivity index (χ4n) is 4.56. The number of nitrogens with zero attached hydrogens (tertiary/aromatic N) is 3. The van der Waals surface area contributed by atoms with Crippen LogP contribution in [0.5, 0.6) is 5.75 Å². The number of rotatable bonds is 13. The van der Waals surface area contributed by atoms with Crippen molar-refractivity contribution in [2.75, 3.05) is 39.4 Å². The Bertz CT molecular complexity index is 1600. The first-order chi connectivity index (χ1) is 22.5. The van der Waals surface area contributed by atoms with E-state index in [0.717, 1.165) is 40.7 Å². The Labute approximate surface area is 279 Å². The summed E-state index contributed by atoms with van der Waals surface area (Å²) in [6.45, 7) is 8.53. The standard InChI is InChI=1S/C32H42N4O11S/c1-21(2)25-9-6-23(7-10-25)12-13-36(20-28(39)35-14-16-44-17-15-35)48(42,43)27-18-24(8-11-26(27)38)19-34-31(41)46-30(33)45-29(40)32(4,5)47-22(3)37/h6-11,18-19,21,30,38H,12-17,20,33H2,1-5H3. The summed E-state index contributed by atoms with van der Waals surface area (Å²) >= 11 is 0. The monoisotopic (exact) mass is 690 g/mol. The van der Waals surface area contributed by atoms with E-state index in [0.29, 0.717) is 38.6 Å². The van der Waals surface area contributed by atoms with Crippen LogP contribution in [0.3, 0.4) is 0 Å². The van der Waals surface area contributed by atoms with Crippen LogP contribution in [0.4, 0.5) is 4.79 Å². The van der Waals surface area contributed by atoms with Crippen LogP contribution in [0.2, 0.25) is 0 Å². The van der Waals surface area contributed by atoms with Gasteiger partial charge in [0.25, 0.3) is 0 Å². The summed E-state index contributed by atoms with van der Waals surface area (Å²) < 4.78 is 48.6. The van der Waals surface area contributed by atoms with Crippen molar-refractivity contribution in [2.45, 2.75) is 63.9 Å². The van der Waals surface area contributed by atoms with Crippen LogP contribution in [0.1, 0.15) is 57.2 Å². The van der Waals surface area contributed by atoms with Gasteiger partial charge in [-0.3, -0.25) is 15.3 Å². The van der Waals surface area contributed by atoms with Gasteiger partial charge in [-0.1, -0.05) is 38.1 Å². The number of sulfonamides is 1. The summed E-state index contributed by atoms with van der Waals surface area (Å²) in [6.07, 6.45) is -1.94. The zero-order valence-electron chi connectivity index (χ0n) is 27.6. The molecule has 3 rings (SSSR count). The predicted molar refractivity (Wildman–Crippen MR) is 172 cm³/mol. The van der Waals surface area contributed by atoms with Gasteiger partial charge in [-0.2, -0.15) is 9.30 Å². The zero-order chi connectivity index (χ0) is 35.6. The molecule has 1 fully saturated rings. The van der Waals surface area contributed by atoms with Crippen LogP contribution >= 0.6 is 0 Å². The molecule has 1 heterocycles. The van der Waals surface area contributed by atoms with E-state index in [-0.39, 0.29) is 12.1 Å². The minimum atomic E-state index is -4.46. The summed E-state index contributed by atoms with van der Waals surface area (Å²) in [5.74, 6) is -2.50. The number of nitrogens with two attached hydrogens (primary N) is 1. The molecule has 0 bridgehead atoms. The average Bonchev–Trinajstić information content (AvgIpc) is 3.02. The number of esters is 2. The Morgan fingerprint density at radius 3 is 2.33 bits per heavy atom. The van der Waals surface area contributed by atoms with Gasteiger partial charge in [0.15, 0.2) is 0 Å². The second kappa shape index (κ2) is 16.6. The first kappa shape index (κ1) is 38.1. The zero-order valence-corrected chi connectivity index (χ0v) is 28.4. The molecule has 0 aromatic heterocycles. The van der Waals surface area contributed by atoms with Crippen LogP contribution in [-0.4, -0.2) is 104 Å². The normalized spacial score (nSPS) is 14.6. The minimum absolute atomic E-state index is 0.0611. The maximum absolute atomic E-state index is 14.0. The van der Waals surface area contributed by atoms with E-state index >= 15 is 0 Å². The largest absolute Gasteiger partial charge is 0.507 e. The third-order valence-electron chi connectivity index (χ3n) is 7.22. The number of hydrogen-bond donors (Lipinski definition) is 2. The van der Waals surface area contributed by atoms with E-state index in [4.69, 9.17) is 24.7 Å². The number of amides is 2. The summed E-state index contributed by atoms with van der Waals surface area (Å²) in [7, 11) is -4.46. The van der Waals surface area contributed by atoms with E-state index in [2.05, 4.69) is 18.8 Å². The number of benzene rings is 2. The Morgan fingerprint density at radius 1 is 1.08 bits per heavy atom. The first-order valence-electron chi connectivity index (χ1n) is 15.2. The van der Waals surface area contributed by atoms with Gasteiger partial charge in [0, 0.05) is 32.8 Å². The lowest BCUT2D eigenvalue weighted by Gasteiger charge is -2.30. The number of hydrogen-bond acceptors (Lipinski definition) is 12. The second-order valence-corrected chi connectivity index (χ2v) is 13.6. The molecule has 1 saturated heterocycles. The number of morpholine rings is 1. The molecule has 48 heavy (non-hydrogen) atoms. The first-order valence-corrected chi connectivity index (χ1v) is 16.6. The van der Waals surface area contributed by atoms with Crippen molar-refractivity contribution in [1.82, 2.24) is 9.21 Å². The highest BCUT2D eigenvalue weighted by Gasteiger charge is 2.35. The molecule has 1 aliphatic heterocycles. The topological polar surface area (TPSA) is 204 Å². The Hall–Kier alpha value is -4.38. The van der Waals surface area contributed by atoms with Crippen molar-refractivity contribution in [3.05, 3.63) is 59.2 Å². The summed E-state index contributed by atoms with van der Waals surface area (Å²) in [5.41, 5.74) is 5.90. The lowest BCUT2D eigenvalue weighted by atomic mass is 10.0. The fourth-order valence-corrected chi connectivity index (χ4v) is 6.06. The van der Waals surface area contributed by atoms with Gasteiger partial charge >= 0.3 is 24.4 Å². The van der Waals surface area contributed by atoms with Crippen LogP contribution in [0, 0.1) is 0 Å². The second-order valence-electron chi connectivity index (χ2n) is 11.7. The van der Waals surface area contributed by atoms with Crippen molar-refractivity contribution >= 4 is 40.2 Å². The predicted octanol–water partition coefficient (Wildman–Crippen LogP) is 2.29. The molecule has 1 unspecified atom stereocenters. The molecule has 262 valence electrons. The van der Waals surface area contributed by atoms with Gasteiger partial charge in [0.1, 0.15) is 10.6 Å². The number of carbonyl (C=O) groups is 4. The fraction of sp³-hybridized carbons (Fsp3) is 0.469. The molecule has 1 aliphatic rings. The van der Waals surface area contributed by atoms with E-state index in [9.17, 15) is 32.7 Å². The van der Waals surface area contributed by atoms with Crippen molar-refractivity contribution in [2.24, 2.45) is 10.7 Å². The van der Waals surface area contributed by atoms with Crippen LogP contribution in [0.25, 0.3) is 0 Å². The molecule has 0 saturated carbocycles. The van der Waals surface area contributed by atoms with E-state index in [1.807, 2.05) is 24.3 Å². The van der Waals surface area contributed by atoms with Crippen molar-refractivity contribution < 1.29 is 51.6 Å². The third kappa shape index (κ3) is 10.8. The van der Waals surface area contributed by atoms with Gasteiger partial charge in [0.2, 0.25) is 21.5 Å². The number of carbonyl (C=O) groups excluding carboxylic acids is 4. The maximum atomic E-state index is 14.0. The molecule has 0 radical (unpaired) electrons. The number of phenolic OH excluding ortho intramolecular Hbond substituents is 1. The molecular formula is C32H42N4O11S. The maximum Gasteiger partial charge on any atom is 0.437 e. The molecule has 2 aromatic carbocycles. The minimum Gasteiger partial charge on any atom is -0.507 e. The summed E-state index contributed by atoms with van der Waals surface area (Å²) in [4.78, 5) is 53.3. The number of aromatic hydroxyl groups is 1. The third-order valence-corrected chi connectivity index (χ3v) is 9.10. The molecule has 0 aliphatic carbocycles. The molecule has 2 amide bonds. The average molecular weight is 691 g/mol. The number of ether oxygens (including phenoxy) is 4. The lowest BCUT2D eigenvalue weighted by Crippen LogP contribution is -2.47. The molecule has 3 N–H and O–H groups in total. The Balaban J connectivity index is 1.78. The van der Waals surface area contributed by atoms with Crippen LogP contribution < -0.4 is 5.73 Å². The SMILES string of the molecule is CC(=O)OC(C)(C)C(=O)OC(N)OC(=O)N=Cc1ccc(O)c(S(=O)(=O)N(CCc2ccc(C(C)C)cc2)CC(=O)N2CCOCC2)c1. The smallest absolute Gasteiger partial charge is 0.437 e. The molecule has 2 aromatic rings.